The average Bonchev–Trinajstić information content (AvgIpc) is 2.38. The summed E-state index contributed by atoms with van der Waals surface area (Å²) in [4.78, 5) is 11.8. The van der Waals surface area contributed by atoms with Crippen LogP contribution < -0.4 is 10.6 Å². The number of carbonyl (C=O) groups excluding carboxylic acids is 1. The number of carbonyl (C=O) groups is 1. The Morgan fingerprint density at radius 1 is 1.20 bits per heavy atom. The molecule has 0 atom stereocenters. The van der Waals surface area contributed by atoms with Gasteiger partial charge in [-0.1, -0.05) is 23.7 Å². The highest BCUT2D eigenvalue weighted by Gasteiger charge is 2.10. The monoisotopic (exact) mass is 294 g/mol. The van der Waals surface area contributed by atoms with E-state index in [1.807, 2.05) is 0 Å². The molecule has 0 saturated heterocycles. The molecule has 0 unspecified atom stereocenters. The first-order valence-electron chi connectivity index (χ1n) is 5.82. The number of hydrogen-bond donors (Lipinski definition) is 3. The number of nitrogens with one attached hydrogen (secondary N) is 2. The van der Waals surface area contributed by atoms with Crippen molar-refractivity contribution in [3.63, 3.8) is 0 Å². The first-order valence-corrected chi connectivity index (χ1v) is 6.20. The van der Waals surface area contributed by atoms with E-state index in [0.29, 0.717) is 10.7 Å². The molecule has 0 aromatic heterocycles. The lowest BCUT2D eigenvalue weighted by molar-refractivity contribution is 0.261. The molecule has 2 rings (SSSR count). The Balaban J connectivity index is 2.11. The van der Waals surface area contributed by atoms with Gasteiger partial charge in [0.25, 0.3) is 0 Å². The van der Waals surface area contributed by atoms with Crippen LogP contribution in [0.5, 0.6) is 0 Å². The number of aliphatic hydroxyl groups excluding tert-OH is 1. The number of aliphatic hydroxyl groups is 1. The molecular formula is C14H12ClFN2O2. The van der Waals surface area contributed by atoms with Crippen LogP contribution in [0, 0.1) is 5.82 Å². The third-order valence-electron chi connectivity index (χ3n) is 2.61. The van der Waals surface area contributed by atoms with Crippen molar-refractivity contribution < 1.29 is 14.3 Å². The Bertz CT molecular complexity index is 634. The van der Waals surface area contributed by atoms with Crippen LogP contribution in [0.4, 0.5) is 20.6 Å². The maximum absolute atomic E-state index is 13.4. The van der Waals surface area contributed by atoms with Crippen LogP contribution in [0.25, 0.3) is 0 Å². The summed E-state index contributed by atoms with van der Waals surface area (Å²) in [6.07, 6.45) is 0. The molecule has 2 aromatic carbocycles. The number of anilines is 2. The van der Waals surface area contributed by atoms with Gasteiger partial charge < -0.3 is 15.7 Å². The molecule has 104 valence electrons. The summed E-state index contributed by atoms with van der Waals surface area (Å²) in [5.41, 5.74) is 0.762. The van der Waals surface area contributed by atoms with Crippen LogP contribution in [-0.4, -0.2) is 11.1 Å². The third-order valence-corrected chi connectivity index (χ3v) is 2.84. The maximum Gasteiger partial charge on any atom is 0.323 e. The standard InChI is InChI=1S/C14H12ClFN2O2/c15-9-3-1-4-10(7-9)17-14(20)18-13-6-2-5-12(16)11(13)8-19/h1-7,19H,8H2,(H2,17,18,20). The van der Waals surface area contributed by atoms with Gasteiger partial charge in [-0.25, -0.2) is 9.18 Å². The average molecular weight is 295 g/mol. The van der Waals surface area contributed by atoms with Crippen molar-refractivity contribution in [1.29, 1.82) is 0 Å². The Kier molecular flexibility index (Phi) is 4.55. The van der Waals surface area contributed by atoms with Gasteiger partial charge in [0, 0.05) is 16.3 Å². The van der Waals surface area contributed by atoms with Crippen LogP contribution in [0.3, 0.4) is 0 Å². The topological polar surface area (TPSA) is 61.4 Å². The lowest BCUT2D eigenvalue weighted by Crippen LogP contribution is -2.20. The van der Waals surface area contributed by atoms with E-state index in [4.69, 9.17) is 16.7 Å². The predicted molar refractivity (Wildman–Crippen MR) is 76.4 cm³/mol. The van der Waals surface area contributed by atoms with Crippen molar-refractivity contribution in [3.05, 3.63) is 58.9 Å². The molecule has 0 radical (unpaired) electrons. The smallest absolute Gasteiger partial charge is 0.323 e. The minimum atomic E-state index is -0.576. The van der Waals surface area contributed by atoms with Gasteiger partial charge in [-0.2, -0.15) is 0 Å². The van der Waals surface area contributed by atoms with Crippen molar-refractivity contribution in [3.8, 4) is 0 Å². The number of hydrogen-bond acceptors (Lipinski definition) is 2. The minimum Gasteiger partial charge on any atom is -0.391 e. The van der Waals surface area contributed by atoms with Crippen LogP contribution >= 0.6 is 11.6 Å². The Morgan fingerprint density at radius 3 is 2.65 bits per heavy atom. The van der Waals surface area contributed by atoms with Gasteiger partial charge in [0.1, 0.15) is 5.82 Å². The highest BCUT2D eigenvalue weighted by molar-refractivity contribution is 6.30. The zero-order valence-corrected chi connectivity index (χ0v) is 11.1. The predicted octanol–water partition coefficient (Wildman–Crippen LogP) is 3.62. The van der Waals surface area contributed by atoms with Crippen LogP contribution in [-0.2, 0) is 6.61 Å². The van der Waals surface area contributed by atoms with Crippen LogP contribution in [0.2, 0.25) is 5.02 Å². The van der Waals surface area contributed by atoms with E-state index in [1.165, 1.54) is 18.2 Å². The van der Waals surface area contributed by atoms with E-state index in [2.05, 4.69) is 10.6 Å². The van der Waals surface area contributed by atoms with Gasteiger partial charge in [-0.3, -0.25) is 0 Å². The fraction of sp³-hybridized carbons (Fsp3) is 0.0714. The van der Waals surface area contributed by atoms with Gasteiger partial charge in [0.15, 0.2) is 0 Å². The van der Waals surface area contributed by atoms with Crippen LogP contribution in [0.1, 0.15) is 5.56 Å². The molecule has 4 nitrogen and oxygen atoms in total. The summed E-state index contributed by atoms with van der Waals surface area (Å²) >= 11 is 5.80. The molecule has 2 aromatic rings. The summed E-state index contributed by atoms with van der Waals surface area (Å²) in [5, 5.41) is 14.6. The normalized spacial score (nSPS) is 10.2. The second kappa shape index (κ2) is 6.36. The summed E-state index contributed by atoms with van der Waals surface area (Å²) in [6, 6.07) is 10.2. The molecule has 2 amide bonds. The maximum atomic E-state index is 13.4. The van der Waals surface area contributed by atoms with E-state index < -0.39 is 18.5 Å². The van der Waals surface area contributed by atoms with Gasteiger partial charge in [-0.05, 0) is 30.3 Å². The van der Waals surface area contributed by atoms with Gasteiger partial charge in [-0.15, -0.1) is 0 Å². The van der Waals surface area contributed by atoms with Gasteiger partial charge in [0.2, 0.25) is 0 Å². The second-order valence-corrected chi connectivity index (χ2v) is 4.45. The summed E-state index contributed by atoms with van der Waals surface area (Å²) in [6.45, 7) is -0.501. The summed E-state index contributed by atoms with van der Waals surface area (Å²) in [7, 11) is 0. The van der Waals surface area contributed by atoms with Crippen LogP contribution in [0.15, 0.2) is 42.5 Å². The first kappa shape index (κ1) is 14.3. The molecule has 0 fully saturated rings. The van der Waals surface area contributed by atoms with E-state index in [1.54, 1.807) is 24.3 Å². The first-order chi connectivity index (χ1) is 9.60. The number of benzene rings is 2. The fourth-order valence-electron chi connectivity index (χ4n) is 1.69. The van der Waals surface area contributed by atoms with Crippen molar-refractivity contribution >= 4 is 29.0 Å². The van der Waals surface area contributed by atoms with E-state index in [0.717, 1.165) is 0 Å². The molecule has 0 aliphatic rings. The Labute approximate surface area is 120 Å². The van der Waals surface area contributed by atoms with E-state index in [9.17, 15) is 9.18 Å². The SMILES string of the molecule is O=C(Nc1cccc(Cl)c1)Nc1cccc(F)c1CO. The van der Waals surface area contributed by atoms with E-state index in [-0.39, 0.29) is 11.3 Å². The number of halogens is 2. The Hall–Kier alpha value is -2.11. The molecule has 0 bridgehead atoms. The minimum absolute atomic E-state index is 0.0359. The summed E-state index contributed by atoms with van der Waals surface area (Å²) < 4.78 is 13.4. The van der Waals surface area contributed by atoms with Gasteiger partial charge in [0.05, 0.1) is 12.3 Å². The zero-order chi connectivity index (χ0) is 14.5. The highest BCUT2D eigenvalue weighted by Crippen LogP contribution is 2.20. The lowest BCUT2D eigenvalue weighted by Gasteiger charge is -2.11. The molecule has 0 aliphatic heterocycles. The van der Waals surface area contributed by atoms with Crippen molar-refractivity contribution in [2.24, 2.45) is 0 Å². The van der Waals surface area contributed by atoms with Crippen molar-refractivity contribution in [2.45, 2.75) is 6.61 Å². The Morgan fingerprint density at radius 2 is 1.95 bits per heavy atom. The van der Waals surface area contributed by atoms with Crippen molar-refractivity contribution in [2.75, 3.05) is 10.6 Å². The van der Waals surface area contributed by atoms with E-state index >= 15 is 0 Å². The molecular weight excluding hydrogens is 283 g/mol. The van der Waals surface area contributed by atoms with Crippen molar-refractivity contribution in [1.82, 2.24) is 0 Å². The molecule has 3 N–H and O–H groups in total. The molecule has 0 aliphatic carbocycles. The third kappa shape index (κ3) is 3.46. The largest absolute Gasteiger partial charge is 0.391 e. The quantitative estimate of drug-likeness (QED) is 0.810. The molecule has 20 heavy (non-hydrogen) atoms. The number of amides is 2. The zero-order valence-electron chi connectivity index (χ0n) is 10.4. The van der Waals surface area contributed by atoms with Gasteiger partial charge >= 0.3 is 6.03 Å². The molecule has 0 spiro atoms. The highest BCUT2D eigenvalue weighted by atomic mass is 35.5. The summed E-state index contributed by atoms with van der Waals surface area (Å²) in [5.74, 6) is -0.576. The number of urea groups is 1. The number of rotatable bonds is 3. The molecule has 0 saturated carbocycles. The molecule has 0 heterocycles. The molecule has 6 heteroatoms. The lowest BCUT2D eigenvalue weighted by atomic mass is 10.2. The second-order valence-electron chi connectivity index (χ2n) is 4.01. The fourth-order valence-corrected chi connectivity index (χ4v) is 1.88.